The Labute approximate surface area is 152 Å². The van der Waals surface area contributed by atoms with Crippen molar-refractivity contribution < 1.29 is 13.2 Å². The Morgan fingerprint density at radius 3 is 2.65 bits per heavy atom. The van der Waals surface area contributed by atoms with E-state index in [1.54, 1.807) is 19.2 Å². The predicted octanol–water partition coefficient (Wildman–Crippen LogP) is 3.29. The maximum atomic E-state index is 13.3. The normalized spacial score (nSPS) is 21.1. The Morgan fingerprint density at radius 1 is 1.12 bits per heavy atom. The molecule has 1 fully saturated rings. The summed E-state index contributed by atoms with van der Waals surface area (Å²) in [6.45, 7) is 1.94. The molecule has 5 rings (SSSR count). The number of rotatable bonds is 2. The first-order valence-electron chi connectivity index (χ1n) is 8.79. The van der Waals surface area contributed by atoms with Crippen LogP contribution in [0.2, 0.25) is 0 Å². The minimum Gasteiger partial charge on any atom is -0.496 e. The van der Waals surface area contributed by atoms with E-state index in [1.807, 2.05) is 30.3 Å². The van der Waals surface area contributed by atoms with Crippen LogP contribution in [0.5, 0.6) is 5.75 Å². The average molecular weight is 368 g/mol. The lowest BCUT2D eigenvalue weighted by Gasteiger charge is -2.14. The smallest absolute Gasteiger partial charge is 0.269 e. The van der Waals surface area contributed by atoms with Crippen LogP contribution in [-0.4, -0.2) is 44.5 Å². The Morgan fingerprint density at radius 2 is 1.92 bits per heavy atom. The predicted molar refractivity (Wildman–Crippen MR) is 101 cm³/mol. The van der Waals surface area contributed by atoms with Crippen LogP contribution in [0.1, 0.15) is 17.9 Å². The molecule has 0 spiro atoms. The number of likely N-dealkylation sites (tertiary alicyclic amines) is 1. The van der Waals surface area contributed by atoms with Crippen LogP contribution >= 0.6 is 0 Å². The second-order valence-corrected chi connectivity index (χ2v) is 8.89. The topological polar surface area (TPSA) is 51.5 Å². The van der Waals surface area contributed by atoms with Crippen LogP contribution in [0.4, 0.5) is 0 Å². The summed E-state index contributed by atoms with van der Waals surface area (Å²) in [5, 5.41) is 0.934. The first kappa shape index (κ1) is 15.9. The summed E-state index contributed by atoms with van der Waals surface area (Å²) < 4.78 is 33.7. The van der Waals surface area contributed by atoms with Crippen LogP contribution in [0.25, 0.3) is 22.2 Å². The van der Waals surface area contributed by atoms with Crippen molar-refractivity contribution in [3.05, 3.63) is 48.0 Å². The third-order valence-corrected chi connectivity index (χ3v) is 7.40. The molecule has 0 bridgehead atoms. The van der Waals surface area contributed by atoms with Gasteiger partial charge in [-0.3, -0.25) is 0 Å². The van der Waals surface area contributed by atoms with Crippen molar-refractivity contribution in [2.75, 3.05) is 27.2 Å². The molecule has 2 aliphatic heterocycles. The van der Waals surface area contributed by atoms with Crippen molar-refractivity contribution in [2.24, 2.45) is 0 Å². The van der Waals surface area contributed by atoms with Gasteiger partial charge in [-0.2, -0.15) is 0 Å². The second-order valence-electron chi connectivity index (χ2n) is 7.13. The summed E-state index contributed by atoms with van der Waals surface area (Å²) in [7, 11) is 0.164. The summed E-state index contributed by atoms with van der Waals surface area (Å²) in [5.41, 5.74) is 3.44. The van der Waals surface area contributed by atoms with Crippen LogP contribution in [0.15, 0.2) is 47.4 Å². The minimum atomic E-state index is -3.59. The molecule has 1 aromatic heterocycles. The minimum absolute atomic E-state index is 0.288. The summed E-state index contributed by atoms with van der Waals surface area (Å²) in [5.74, 6) is 1.03. The lowest BCUT2D eigenvalue weighted by molar-refractivity contribution is 0.411. The molecule has 3 heterocycles. The van der Waals surface area contributed by atoms with Crippen molar-refractivity contribution >= 4 is 20.9 Å². The van der Waals surface area contributed by atoms with Crippen LogP contribution in [0.3, 0.4) is 0 Å². The first-order valence-corrected chi connectivity index (χ1v) is 10.2. The summed E-state index contributed by atoms with van der Waals surface area (Å²) in [6.07, 6.45) is 1.02. The number of hydrogen-bond donors (Lipinski definition) is 0. The van der Waals surface area contributed by atoms with Crippen molar-refractivity contribution in [3.63, 3.8) is 0 Å². The Balaban J connectivity index is 1.96. The van der Waals surface area contributed by atoms with E-state index < -0.39 is 10.0 Å². The standard InChI is InChI=1S/C20H20N2O3S/c1-21-11-10-13(12-21)18-19-15(7-5-8-16(19)25-2)22-20(18)14-6-3-4-9-17(14)26(22,23)24/h3-9,13H,10-12H2,1-2H3/t13-/m1/s1. The molecule has 1 atom stereocenters. The lowest BCUT2D eigenvalue weighted by Crippen LogP contribution is -2.13. The summed E-state index contributed by atoms with van der Waals surface area (Å²) in [4.78, 5) is 2.69. The lowest BCUT2D eigenvalue weighted by atomic mass is 9.92. The fourth-order valence-electron chi connectivity index (χ4n) is 4.54. The van der Waals surface area contributed by atoms with Gasteiger partial charge in [0.25, 0.3) is 10.0 Å². The van der Waals surface area contributed by atoms with Crippen molar-refractivity contribution in [2.45, 2.75) is 17.2 Å². The quantitative estimate of drug-likeness (QED) is 0.545. The monoisotopic (exact) mass is 368 g/mol. The zero-order valence-electron chi connectivity index (χ0n) is 14.8. The molecule has 3 aromatic rings. The summed E-state index contributed by atoms with van der Waals surface area (Å²) >= 11 is 0. The highest BCUT2D eigenvalue weighted by Gasteiger charge is 2.40. The van der Waals surface area contributed by atoms with Gasteiger partial charge in [0.1, 0.15) is 5.75 Å². The van der Waals surface area contributed by atoms with E-state index in [4.69, 9.17) is 4.74 Å². The largest absolute Gasteiger partial charge is 0.496 e. The molecule has 0 amide bonds. The zero-order chi connectivity index (χ0) is 18.1. The van der Waals surface area contributed by atoms with E-state index in [0.717, 1.165) is 47.5 Å². The maximum absolute atomic E-state index is 13.3. The van der Waals surface area contributed by atoms with E-state index in [2.05, 4.69) is 11.9 Å². The van der Waals surface area contributed by atoms with E-state index in [-0.39, 0.29) is 5.92 Å². The average Bonchev–Trinajstić information content (AvgIpc) is 3.28. The Kier molecular flexibility index (Phi) is 3.27. The van der Waals surface area contributed by atoms with Gasteiger partial charge < -0.3 is 9.64 Å². The van der Waals surface area contributed by atoms with Gasteiger partial charge >= 0.3 is 0 Å². The molecular formula is C20H20N2O3S. The van der Waals surface area contributed by atoms with Gasteiger partial charge in [0, 0.05) is 23.4 Å². The number of ether oxygens (including phenoxy) is 1. The SMILES string of the molecule is COc1cccc2c1c([C@@H]1CCN(C)C1)c1n2S(=O)(=O)c2ccccc2-1. The molecule has 0 N–H and O–H groups in total. The number of fused-ring (bicyclic) bond motifs is 5. The molecule has 134 valence electrons. The number of nitrogens with zero attached hydrogens (tertiary/aromatic N) is 2. The highest BCUT2D eigenvalue weighted by molar-refractivity contribution is 7.90. The number of benzene rings is 2. The van der Waals surface area contributed by atoms with Gasteiger partial charge in [-0.25, -0.2) is 12.4 Å². The van der Waals surface area contributed by atoms with Crippen LogP contribution < -0.4 is 4.74 Å². The molecular weight excluding hydrogens is 348 g/mol. The van der Waals surface area contributed by atoms with E-state index in [9.17, 15) is 8.42 Å². The Bertz CT molecular complexity index is 1150. The van der Waals surface area contributed by atoms with Gasteiger partial charge in [-0.1, -0.05) is 24.3 Å². The molecule has 0 radical (unpaired) electrons. The molecule has 0 aliphatic carbocycles. The first-order chi connectivity index (χ1) is 12.5. The molecule has 6 heteroatoms. The third kappa shape index (κ3) is 1.91. The van der Waals surface area contributed by atoms with Gasteiger partial charge in [-0.05, 0) is 43.8 Å². The zero-order valence-corrected chi connectivity index (χ0v) is 15.6. The molecule has 0 saturated carbocycles. The van der Waals surface area contributed by atoms with E-state index >= 15 is 0 Å². The van der Waals surface area contributed by atoms with E-state index in [0.29, 0.717) is 10.4 Å². The fraction of sp³-hybridized carbons (Fsp3) is 0.300. The fourth-order valence-corrected chi connectivity index (χ4v) is 6.27. The van der Waals surface area contributed by atoms with E-state index in [1.165, 1.54) is 3.97 Å². The number of hydrogen-bond acceptors (Lipinski definition) is 4. The number of likely N-dealkylation sites (N-methyl/N-ethyl adjacent to an activating group) is 1. The van der Waals surface area contributed by atoms with Gasteiger partial charge in [0.15, 0.2) is 0 Å². The molecule has 2 aliphatic rings. The maximum Gasteiger partial charge on any atom is 0.269 e. The van der Waals surface area contributed by atoms with Gasteiger partial charge in [0.05, 0.1) is 23.2 Å². The van der Waals surface area contributed by atoms with Crippen molar-refractivity contribution in [3.8, 4) is 17.0 Å². The van der Waals surface area contributed by atoms with Crippen molar-refractivity contribution in [1.82, 2.24) is 8.87 Å². The second kappa shape index (κ2) is 5.34. The summed E-state index contributed by atoms with van der Waals surface area (Å²) in [6, 6.07) is 13.0. The highest BCUT2D eigenvalue weighted by atomic mass is 32.2. The van der Waals surface area contributed by atoms with Gasteiger partial charge in [-0.15, -0.1) is 0 Å². The molecule has 1 saturated heterocycles. The molecule has 2 aromatic carbocycles. The van der Waals surface area contributed by atoms with Crippen LogP contribution in [0, 0.1) is 0 Å². The number of methoxy groups -OCH3 is 1. The van der Waals surface area contributed by atoms with Crippen LogP contribution in [-0.2, 0) is 10.0 Å². The molecule has 5 nitrogen and oxygen atoms in total. The molecule has 26 heavy (non-hydrogen) atoms. The molecule has 0 unspecified atom stereocenters. The number of aromatic nitrogens is 1. The van der Waals surface area contributed by atoms with Crippen molar-refractivity contribution in [1.29, 1.82) is 0 Å². The Hall–Kier alpha value is -2.31. The van der Waals surface area contributed by atoms with Gasteiger partial charge in [0.2, 0.25) is 0 Å². The third-order valence-electron chi connectivity index (χ3n) is 5.63. The highest BCUT2D eigenvalue weighted by Crippen LogP contribution is 2.50.